The van der Waals surface area contributed by atoms with Crippen LogP contribution in [-0.4, -0.2) is 27.5 Å². The van der Waals surface area contributed by atoms with Crippen LogP contribution in [0.2, 0.25) is 0 Å². The fraction of sp³-hybridized carbons (Fsp3) is 0.909. The molecule has 0 fully saturated rings. The Balaban J connectivity index is 3.23. The summed E-state index contributed by atoms with van der Waals surface area (Å²) in [5.74, 6) is -0.843. The molecule has 7 nitrogen and oxygen atoms in total. The molecule has 0 aliphatic rings. The number of hydrogen-bond acceptors (Lipinski definition) is 5. The number of phosphoric acid groups is 1. The molecule has 0 heterocycles. The van der Waals surface area contributed by atoms with Crippen molar-refractivity contribution >= 4 is 13.8 Å². The van der Waals surface area contributed by atoms with Crippen LogP contribution in [0.3, 0.4) is 0 Å². The Kier molecular flexibility index (Phi) is 11.1. The van der Waals surface area contributed by atoms with Gasteiger partial charge in [-0.2, -0.15) is 0 Å². The standard InChI is InChI=1S/C11H24NO6P/c13-11(18-19(15,16)17)9-7-5-3-1-2-4-6-8-10-12-14/h12,14H,1-10H2,(H2,15,16,17). The van der Waals surface area contributed by atoms with Crippen molar-refractivity contribution in [2.24, 2.45) is 0 Å². The second kappa shape index (κ2) is 11.4. The summed E-state index contributed by atoms with van der Waals surface area (Å²) in [6, 6.07) is 0. The number of carbonyl (C=O) groups is 1. The zero-order valence-electron chi connectivity index (χ0n) is 11.1. The average Bonchev–Trinajstić information content (AvgIpc) is 2.29. The van der Waals surface area contributed by atoms with Gasteiger partial charge in [-0.3, -0.25) is 14.6 Å². The van der Waals surface area contributed by atoms with Crippen LogP contribution in [0.5, 0.6) is 0 Å². The van der Waals surface area contributed by atoms with Gasteiger partial charge in [-0.25, -0.2) is 10.0 Å². The highest BCUT2D eigenvalue weighted by Gasteiger charge is 2.19. The molecule has 0 atom stereocenters. The van der Waals surface area contributed by atoms with E-state index in [4.69, 9.17) is 15.0 Å². The zero-order chi connectivity index (χ0) is 14.6. The van der Waals surface area contributed by atoms with Gasteiger partial charge in [-0.1, -0.05) is 38.5 Å². The van der Waals surface area contributed by atoms with Gasteiger partial charge >= 0.3 is 13.8 Å². The van der Waals surface area contributed by atoms with Gasteiger partial charge in [0.15, 0.2) is 0 Å². The number of carbonyl (C=O) groups excluding carboxylic acids is 1. The van der Waals surface area contributed by atoms with E-state index in [0.717, 1.165) is 44.9 Å². The molecule has 0 aromatic rings. The number of unbranched alkanes of at least 4 members (excludes halogenated alkanes) is 7. The highest BCUT2D eigenvalue weighted by Crippen LogP contribution is 2.36. The van der Waals surface area contributed by atoms with Gasteiger partial charge in [0.2, 0.25) is 0 Å². The van der Waals surface area contributed by atoms with Gasteiger partial charge < -0.3 is 9.73 Å². The summed E-state index contributed by atoms with van der Waals surface area (Å²) >= 11 is 0. The molecule has 0 rings (SSSR count). The van der Waals surface area contributed by atoms with Crippen LogP contribution in [0.1, 0.15) is 57.8 Å². The molecular weight excluding hydrogens is 273 g/mol. The van der Waals surface area contributed by atoms with Gasteiger partial charge in [0.1, 0.15) is 0 Å². The Morgan fingerprint density at radius 2 is 1.42 bits per heavy atom. The van der Waals surface area contributed by atoms with E-state index in [-0.39, 0.29) is 6.42 Å². The van der Waals surface area contributed by atoms with Crippen LogP contribution in [-0.2, 0) is 13.9 Å². The van der Waals surface area contributed by atoms with E-state index < -0.39 is 13.8 Å². The lowest BCUT2D eigenvalue weighted by atomic mass is 10.1. The summed E-state index contributed by atoms with van der Waals surface area (Å²) in [7, 11) is -4.67. The number of nitrogens with one attached hydrogen (secondary N) is 1. The van der Waals surface area contributed by atoms with E-state index in [9.17, 15) is 9.36 Å². The molecule has 0 unspecified atom stereocenters. The molecule has 0 aromatic carbocycles. The van der Waals surface area contributed by atoms with Crippen molar-refractivity contribution in [2.45, 2.75) is 57.8 Å². The maximum absolute atomic E-state index is 11.0. The molecule has 0 radical (unpaired) electrons. The molecular formula is C11H24NO6P. The predicted octanol–water partition coefficient (Wildman–Crippen LogP) is 2.11. The number of hydrogen-bond donors (Lipinski definition) is 4. The van der Waals surface area contributed by atoms with E-state index in [1.807, 2.05) is 0 Å². The SMILES string of the molecule is O=C(CCCCCCCCCCNO)OP(=O)(O)O. The van der Waals surface area contributed by atoms with Crippen molar-refractivity contribution in [3.05, 3.63) is 0 Å². The first-order valence-electron chi connectivity index (χ1n) is 6.60. The Labute approximate surface area is 113 Å². The zero-order valence-corrected chi connectivity index (χ0v) is 12.0. The monoisotopic (exact) mass is 297 g/mol. The topological polar surface area (TPSA) is 116 Å². The van der Waals surface area contributed by atoms with Gasteiger partial charge in [0.05, 0.1) is 0 Å². The van der Waals surface area contributed by atoms with Crippen molar-refractivity contribution in [3.8, 4) is 0 Å². The Bertz CT molecular complexity index is 280. The molecule has 114 valence electrons. The third-order valence-electron chi connectivity index (χ3n) is 2.64. The maximum atomic E-state index is 11.0. The van der Waals surface area contributed by atoms with Crippen molar-refractivity contribution in [3.63, 3.8) is 0 Å². The summed E-state index contributed by atoms with van der Waals surface area (Å²) in [6.07, 6.45) is 7.88. The molecule has 0 aromatic heterocycles. The first-order chi connectivity index (χ1) is 8.95. The average molecular weight is 297 g/mol. The molecule has 8 heteroatoms. The smallest absolute Gasteiger partial charge is 0.371 e. The van der Waals surface area contributed by atoms with Crippen LogP contribution < -0.4 is 5.48 Å². The maximum Gasteiger partial charge on any atom is 0.526 e. The minimum atomic E-state index is -4.67. The highest BCUT2D eigenvalue weighted by atomic mass is 31.2. The van der Waals surface area contributed by atoms with E-state index >= 15 is 0 Å². The molecule has 0 aliphatic heterocycles. The van der Waals surface area contributed by atoms with E-state index in [1.165, 1.54) is 0 Å². The van der Waals surface area contributed by atoms with Gasteiger partial charge in [-0.15, -0.1) is 0 Å². The van der Waals surface area contributed by atoms with Gasteiger partial charge in [0, 0.05) is 13.0 Å². The molecule has 0 amide bonds. The van der Waals surface area contributed by atoms with E-state index in [1.54, 1.807) is 0 Å². The lowest BCUT2D eigenvalue weighted by Crippen LogP contribution is -2.07. The molecule has 0 aliphatic carbocycles. The fourth-order valence-corrected chi connectivity index (χ4v) is 2.07. The molecule has 19 heavy (non-hydrogen) atoms. The van der Waals surface area contributed by atoms with E-state index in [0.29, 0.717) is 13.0 Å². The number of phosphoric ester groups is 1. The summed E-state index contributed by atoms with van der Waals surface area (Å²) in [6.45, 7) is 0.627. The summed E-state index contributed by atoms with van der Waals surface area (Å²) in [4.78, 5) is 27.7. The van der Waals surface area contributed by atoms with Crippen LogP contribution in [0.4, 0.5) is 0 Å². The Morgan fingerprint density at radius 1 is 0.947 bits per heavy atom. The number of rotatable bonds is 12. The first kappa shape index (κ1) is 18.5. The third kappa shape index (κ3) is 15.5. The van der Waals surface area contributed by atoms with Crippen LogP contribution >= 0.6 is 7.82 Å². The summed E-state index contributed by atoms with van der Waals surface area (Å²) < 4.78 is 14.3. The van der Waals surface area contributed by atoms with Crippen LogP contribution in [0, 0.1) is 0 Å². The van der Waals surface area contributed by atoms with Gasteiger partial charge in [0.25, 0.3) is 0 Å². The lowest BCUT2D eigenvalue weighted by Gasteiger charge is -2.05. The molecule has 0 saturated heterocycles. The fourth-order valence-electron chi connectivity index (χ4n) is 1.71. The quantitative estimate of drug-likeness (QED) is 0.247. The third-order valence-corrected chi connectivity index (χ3v) is 3.08. The Hall–Kier alpha value is -0.460. The van der Waals surface area contributed by atoms with Crippen molar-refractivity contribution in [1.82, 2.24) is 5.48 Å². The molecule has 0 saturated carbocycles. The summed E-state index contributed by atoms with van der Waals surface area (Å²) in [5.41, 5.74) is 2.11. The number of hydroxylamine groups is 1. The summed E-state index contributed by atoms with van der Waals surface area (Å²) in [5, 5.41) is 8.34. The predicted molar refractivity (Wildman–Crippen MR) is 69.5 cm³/mol. The lowest BCUT2D eigenvalue weighted by molar-refractivity contribution is -0.135. The van der Waals surface area contributed by atoms with E-state index in [2.05, 4.69) is 10.0 Å². The molecule has 0 spiro atoms. The second-order valence-electron chi connectivity index (χ2n) is 4.44. The van der Waals surface area contributed by atoms with Crippen molar-refractivity contribution < 1.29 is 28.9 Å². The normalized spacial score (nSPS) is 11.5. The second-order valence-corrected chi connectivity index (χ2v) is 5.60. The van der Waals surface area contributed by atoms with Gasteiger partial charge in [-0.05, 0) is 12.8 Å². The largest absolute Gasteiger partial charge is 0.526 e. The van der Waals surface area contributed by atoms with Crippen molar-refractivity contribution in [2.75, 3.05) is 6.54 Å². The molecule has 0 bridgehead atoms. The minimum absolute atomic E-state index is 0.0489. The minimum Gasteiger partial charge on any atom is -0.371 e. The van der Waals surface area contributed by atoms with Crippen LogP contribution in [0.15, 0.2) is 0 Å². The van der Waals surface area contributed by atoms with Crippen LogP contribution in [0.25, 0.3) is 0 Å². The molecule has 4 N–H and O–H groups in total. The first-order valence-corrected chi connectivity index (χ1v) is 8.13. The Morgan fingerprint density at radius 3 is 1.89 bits per heavy atom. The van der Waals surface area contributed by atoms with Crippen molar-refractivity contribution in [1.29, 1.82) is 0 Å². The highest BCUT2D eigenvalue weighted by molar-refractivity contribution is 7.46.